The fourth-order valence-electron chi connectivity index (χ4n) is 2.31. The summed E-state index contributed by atoms with van der Waals surface area (Å²) in [5.74, 6) is 0. The topological polar surface area (TPSA) is 15.3 Å². The van der Waals surface area contributed by atoms with Crippen molar-refractivity contribution in [2.75, 3.05) is 20.1 Å². The maximum absolute atomic E-state index is 3.38. The molecule has 1 aliphatic rings. The molecule has 0 saturated carbocycles. The van der Waals surface area contributed by atoms with Gasteiger partial charge in [0.15, 0.2) is 0 Å². The molecule has 2 nitrogen and oxygen atoms in total. The van der Waals surface area contributed by atoms with Crippen LogP contribution in [0.5, 0.6) is 0 Å². The first-order valence-corrected chi connectivity index (χ1v) is 6.19. The molecule has 0 bridgehead atoms. The summed E-state index contributed by atoms with van der Waals surface area (Å²) in [4.78, 5) is 2.66. The summed E-state index contributed by atoms with van der Waals surface area (Å²) in [6, 6.07) is 1.57. The molecule has 1 aliphatic heterocycles. The Hall–Kier alpha value is -0.0800. The zero-order valence-electron chi connectivity index (χ0n) is 10.1. The van der Waals surface area contributed by atoms with Crippen LogP contribution in [0.2, 0.25) is 0 Å². The van der Waals surface area contributed by atoms with E-state index in [4.69, 9.17) is 0 Å². The second-order valence-corrected chi connectivity index (χ2v) is 4.59. The van der Waals surface area contributed by atoms with Crippen molar-refractivity contribution >= 4 is 0 Å². The van der Waals surface area contributed by atoms with Gasteiger partial charge in [-0.25, -0.2) is 0 Å². The van der Waals surface area contributed by atoms with Crippen molar-refractivity contribution in [2.24, 2.45) is 0 Å². The van der Waals surface area contributed by atoms with Crippen molar-refractivity contribution < 1.29 is 0 Å². The van der Waals surface area contributed by atoms with Gasteiger partial charge < -0.3 is 10.2 Å². The van der Waals surface area contributed by atoms with Crippen molar-refractivity contribution in [2.45, 2.75) is 58.0 Å². The number of nitrogens with zero attached hydrogens (tertiary/aromatic N) is 1. The Morgan fingerprint density at radius 1 is 1.36 bits per heavy atom. The minimum Gasteiger partial charge on any atom is -0.317 e. The van der Waals surface area contributed by atoms with Gasteiger partial charge in [-0.2, -0.15) is 0 Å². The van der Waals surface area contributed by atoms with Crippen LogP contribution in [0.25, 0.3) is 0 Å². The summed E-state index contributed by atoms with van der Waals surface area (Å²) >= 11 is 0. The number of nitrogens with one attached hydrogen (secondary N) is 1. The zero-order valence-corrected chi connectivity index (χ0v) is 10.1. The van der Waals surface area contributed by atoms with Gasteiger partial charge in [0.05, 0.1) is 0 Å². The van der Waals surface area contributed by atoms with E-state index >= 15 is 0 Å². The molecule has 1 saturated heterocycles. The first-order valence-electron chi connectivity index (χ1n) is 6.19. The number of hydrogen-bond acceptors (Lipinski definition) is 2. The van der Waals surface area contributed by atoms with Crippen LogP contribution < -0.4 is 5.32 Å². The van der Waals surface area contributed by atoms with Crippen LogP contribution in [-0.4, -0.2) is 37.1 Å². The second-order valence-electron chi connectivity index (χ2n) is 4.59. The van der Waals surface area contributed by atoms with Gasteiger partial charge in [0.25, 0.3) is 0 Å². The molecule has 0 amide bonds. The quantitative estimate of drug-likeness (QED) is 0.729. The summed E-state index contributed by atoms with van der Waals surface area (Å²) < 4.78 is 0. The average Bonchev–Trinajstić information content (AvgIpc) is 2.26. The Labute approximate surface area is 89.1 Å². The maximum Gasteiger partial charge on any atom is 0.00884 e. The SMILES string of the molecule is CCCCC(C)N1CCC(NC)CC1. The van der Waals surface area contributed by atoms with Crippen LogP contribution >= 0.6 is 0 Å². The van der Waals surface area contributed by atoms with Crippen molar-refractivity contribution in [3.05, 3.63) is 0 Å². The molecule has 84 valence electrons. The third kappa shape index (κ3) is 3.58. The molecule has 0 spiro atoms. The molecule has 1 unspecified atom stereocenters. The Morgan fingerprint density at radius 3 is 2.50 bits per heavy atom. The Balaban J connectivity index is 2.19. The van der Waals surface area contributed by atoms with Crippen molar-refractivity contribution in [3.8, 4) is 0 Å². The van der Waals surface area contributed by atoms with Crippen LogP contribution in [0.15, 0.2) is 0 Å². The standard InChI is InChI=1S/C12H26N2/c1-4-5-6-11(2)14-9-7-12(13-3)8-10-14/h11-13H,4-10H2,1-3H3. The van der Waals surface area contributed by atoms with E-state index in [0.717, 1.165) is 12.1 Å². The number of piperidine rings is 1. The van der Waals surface area contributed by atoms with E-state index in [1.54, 1.807) is 0 Å². The fraction of sp³-hybridized carbons (Fsp3) is 1.00. The van der Waals surface area contributed by atoms with Gasteiger partial charge >= 0.3 is 0 Å². The minimum atomic E-state index is 0.768. The first-order chi connectivity index (χ1) is 6.77. The average molecular weight is 198 g/mol. The predicted molar refractivity (Wildman–Crippen MR) is 62.6 cm³/mol. The Kier molecular flexibility index (Phi) is 5.49. The lowest BCUT2D eigenvalue weighted by atomic mass is 10.0. The minimum absolute atomic E-state index is 0.768. The van der Waals surface area contributed by atoms with Gasteiger partial charge in [0.1, 0.15) is 0 Å². The second kappa shape index (κ2) is 6.41. The Bertz CT molecular complexity index is 139. The largest absolute Gasteiger partial charge is 0.317 e. The predicted octanol–water partition coefficient (Wildman–Crippen LogP) is 2.25. The molecule has 0 radical (unpaired) electrons. The van der Waals surface area contributed by atoms with Crippen LogP contribution in [0.3, 0.4) is 0 Å². The van der Waals surface area contributed by atoms with Crippen LogP contribution in [0.1, 0.15) is 46.0 Å². The van der Waals surface area contributed by atoms with Gasteiger partial charge in [-0.3, -0.25) is 0 Å². The molecule has 0 aromatic heterocycles. The molecule has 1 fully saturated rings. The highest BCUT2D eigenvalue weighted by Crippen LogP contribution is 2.15. The molecule has 2 heteroatoms. The smallest absolute Gasteiger partial charge is 0.00884 e. The highest BCUT2D eigenvalue weighted by molar-refractivity contribution is 4.78. The van der Waals surface area contributed by atoms with Crippen LogP contribution in [0.4, 0.5) is 0 Å². The lowest BCUT2D eigenvalue weighted by Crippen LogP contribution is -2.44. The maximum atomic E-state index is 3.38. The lowest BCUT2D eigenvalue weighted by molar-refractivity contribution is 0.147. The summed E-state index contributed by atoms with van der Waals surface area (Å²) in [6.45, 7) is 7.24. The van der Waals surface area contributed by atoms with E-state index in [2.05, 4.69) is 31.1 Å². The number of hydrogen-bond donors (Lipinski definition) is 1. The van der Waals surface area contributed by atoms with E-state index < -0.39 is 0 Å². The molecule has 1 rings (SSSR count). The van der Waals surface area contributed by atoms with Crippen molar-refractivity contribution in [1.82, 2.24) is 10.2 Å². The zero-order chi connectivity index (χ0) is 10.4. The van der Waals surface area contributed by atoms with Gasteiger partial charge in [-0.1, -0.05) is 19.8 Å². The summed E-state index contributed by atoms with van der Waals surface area (Å²) in [6.07, 6.45) is 6.74. The lowest BCUT2D eigenvalue weighted by Gasteiger charge is -2.36. The third-order valence-corrected chi connectivity index (χ3v) is 3.54. The van der Waals surface area contributed by atoms with E-state index in [-0.39, 0.29) is 0 Å². The molecule has 1 atom stereocenters. The Morgan fingerprint density at radius 2 is 2.00 bits per heavy atom. The van der Waals surface area contributed by atoms with Gasteiger partial charge in [0.2, 0.25) is 0 Å². The number of likely N-dealkylation sites (tertiary alicyclic amines) is 1. The highest BCUT2D eigenvalue weighted by Gasteiger charge is 2.20. The molecular formula is C12H26N2. The molecule has 0 aromatic carbocycles. The fourth-order valence-corrected chi connectivity index (χ4v) is 2.31. The van der Waals surface area contributed by atoms with E-state index in [0.29, 0.717) is 0 Å². The van der Waals surface area contributed by atoms with Crippen molar-refractivity contribution in [3.63, 3.8) is 0 Å². The molecule has 1 N–H and O–H groups in total. The molecule has 0 aliphatic carbocycles. The summed E-state index contributed by atoms with van der Waals surface area (Å²) in [5, 5.41) is 3.38. The van der Waals surface area contributed by atoms with Crippen molar-refractivity contribution in [1.29, 1.82) is 0 Å². The number of rotatable bonds is 5. The van der Waals surface area contributed by atoms with Gasteiger partial charge in [-0.15, -0.1) is 0 Å². The van der Waals surface area contributed by atoms with E-state index in [9.17, 15) is 0 Å². The molecular weight excluding hydrogens is 172 g/mol. The molecule has 0 aromatic rings. The molecule has 1 heterocycles. The molecule has 14 heavy (non-hydrogen) atoms. The van der Waals surface area contributed by atoms with Crippen LogP contribution in [0, 0.1) is 0 Å². The van der Waals surface area contributed by atoms with E-state index in [1.807, 2.05) is 0 Å². The van der Waals surface area contributed by atoms with Gasteiger partial charge in [0, 0.05) is 12.1 Å². The summed E-state index contributed by atoms with van der Waals surface area (Å²) in [5.41, 5.74) is 0. The number of unbranched alkanes of at least 4 members (excludes halogenated alkanes) is 1. The first kappa shape index (κ1) is 12.0. The highest BCUT2D eigenvalue weighted by atomic mass is 15.2. The summed E-state index contributed by atoms with van der Waals surface area (Å²) in [7, 11) is 2.08. The normalized spacial score (nSPS) is 22.5. The van der Waals surface area contributed by atoms with Crippen LogP contribution in [-0.2, 0) is 0 Å². The van der Waals surface area contributed by atoms with Gasteiger partial charge in [-0.05, 0) is 46.3 Å². The third-order valence-electron chi connectivity index (χ3n) is 3.54. The monoisotopic (exact) mass is 198 g/mol. The van der Waals surface area contributed by atoms with E-state index in [1.165, 1.54) is 45.2 Å².